The molecule has 2 aromatic carbocycles. The van der Waals surface area contributed by atoms with E-state index in [4.69, 9.17) is 0 Å². The molecule has 1 aromatic heterocycles. The van der Waals surface area contributed by atoms with Crippen molar-refractivity contribution in [2.45, 2.75) is 10.1 Å². The molecule has 4 rings (SSSR count). The van der Waals surface area contributed by atoms with Gasteiger partial charge >= 0.3 is 0 Å². The Morgan fingerprint density at radius 3 is 2.48 bits per heavy atom. The molecule has 0 spiro atoms. The summed E-state index contributed by atoms with van der Waals surface area (Å²) in [5.41, 5.74) is 2.73. The van der Waals surface area contributed by atoms with Gasteiger partial charge in [-0.05, 0) is 29.8 Å². The summed E-state index contributed by atoms with van der Waals surface area (Å²) >= 11 is 1.49. The lowest BCUT2D eigenvalue weighted by molar-refractivity contribution is -0.113. The van der Waals surface area contributed by atoms with E-state index in [1.807, 2.05) is 34.9 Å². The van der Waals surface area contributed by atoms with E-state index >= 15 is 0 Å². The summed E-state index contributed by atoms with van der Waals surface area (Å²) in [4.78, 5) is 16.8. The normalized spacial score (nSPS) is 17.1. The maximum Gasteiger partial charge on any atom is 0.235 e. The average Bonchev–Trinajstić information content (AvgIpc) is 2.98. The van der Waals surface area contributed by atoms with Crippen molar-refractivity contribution in [3.05, 3.63) is 72.2 Å². The molecular weight excluding hydrogens is 382 g/mol. The van der Waals surface area contributed by atoms with Crippen LogP contribution in [0.1, 0.15) is 16.5 Å². The Balaban J connectivity index is 1.83. The monoisotopic (exact) mass is 399 g/mol. The van der Waals surface area contributed by atoms with Gasteiger partial charge in [0.1, 0.15) is 6.33 Å². The Kier molecular flexibility index (Phi) is 4.53. The highest BCUT2D eigenvalue weighted by molar-refractivity contribution is 8.00. The molecule has 6 nitrogen and oxygen atoms in total. The lowest BCUT2D eigenvalue weighted by Crippen LogP contribution is -2.12. The molecule has 0 radical (unpaired) electrons. The van der Waals surface area contributed by atoms with E-state index in [1.54, 1.807) is 30.6 Å². The third-order valence-corrected chi connectivity index (χ3v) is 6.72. The van der Waals surface area contributed by atoms with Crippen molar-refractivity contribution in [2.75, 3.05) is 17.3 Å². The molecule has 1 unspecified atom stereocenters. The van der Waals surface area contributed by atoms with Crippen LogP contribution in [0.3, 0.4) is 0 Å². The van der Waals surface area contributed by atoms with Crippen LogP contribution in [0.25, 0.3) is 5.69 Å². The van der Waals surface area contributed by atoms with Crippen molar-refractivity contribution in [1.82, 2.24) is 9.55 Å². The molecule has 1 N–H and O–H groups in total. The Labute approximate surface area is 161 Å². The molecule has 1 amide bonds. The second-order valence-electron chi connectivity index (χ2n) is 6.26. The van der Waals surface area contributed by atoms with Gasteiger partial charge in [-0.3, -0.25) is 9.36 Å². The fraction of sp³-hybridized carbons (Fsp3) is 0.158. The molecule has 0 saturated heterocycles. The maximum absolute atomic E-state index is 12.1. The van der Waals surface area contributed by atoms with Crippen LogP contribution in [-0.4, -0.2) is 35.9 Å². The lowest BCUT2D eigenvalue weighted by atomic mass is 10.1. The molecule has 8 heteroatoms. The topological polar surface area (TPSA) is 81.1 Å². The van der Waals surface area contributed by atoms with Crippen LogP contribution in [-0.2, 0) is 14.6 Å². The standard InChI is InChI=1S/C19H17N3O3S2/c1-27(24,25)15-9-7-13(8-10-15)18-17-19(21-16(23)11-26-18)20-12-22(17)14-5-3-2-4-6-14/h2-10,12,18H,11H2,1H3,(H,21,23). The molecule has 0 fully saturated rings. The second kappa shape index (κ2) is 6.86. The summed E-state index contributed by atoms with van der Waals surface area (Å²) in [6.07, 6.45) is 2.89. The summed E-state index contributed by atoms with van der Waals surface area (Å²) in [6.45, 7) is 0. The molecule has 1 atom stereocenters. The van der Waals surface area contributed by atoms with Crippen LogP contribution in [0.5, 0.6) is 0 Å². The van der Waals surface area contributed by atoms with E-state index in [1.165, 1.54) is 18.0 Å². The number of benzene rings is 2. The van der Waals surface area contributed by atoms with E-state index in [0.29, 0.717) is 11.6 Å². The first-order valence-electron chi connectivity index (χ1n) is 8.27. The Morgan fingerprint density at radius 2 is 1.81 bits per heavy atom. The van der Waals surface area contributed by atoms with Gasteiger partial charge < -0.3 is 5.32 Å². The third kappa shape index (κ3) is 3.50. The number of fused-ring (bicyclic) bond motifs is 1. The molecule has 1 aliphatic rings. The van der Waals surface area contributed by atoms with Gasteiger partial charge in [0.05, 0.1) is 21.6 Å². The number of carbonyl (C=O) groups excluding carboxylic acids is 1. The zero-order valence-corrected chi connectivity index (χ0v) is 16.1. The predicted octanol–water partition coefficient (Wildman–Crippen LogP) is 3.05. The number of hydrogen-bond acceptors (Lipinski definition) is 5. The molecule has 0 bridgehead atoms. The van der Waals surface area contributed by atoms with Crippen molar-refractivity contribution in [2.24, 2.45) is 0 Å². The van der Waals surface area contributed by atoms with E-state index in [-0.39, 0.29) is 16.1 Å². The van der Waals surface area contributed by atoms with Gasteiger partial charge in [-0.25, -0.2) is 13.4 Å². The smallest absolute Gasteiger partial charge is 0.235 e. The minimum absolute atomic E-state index is 0.102. The number of anilines is 1. The number of nitrogens with one attached hydrogen (secondary N) is 1. The molecular formula is C19H17N3O3S2. The number of nitrogens with zero attached hydrogens (tertiary/aromatic N) is 2. The Bertz CT molecular complexity index is 1090. The van der Waals surface area contributed by atoms with Crippen molar-refractivity contribution < 1.29 is 13.2 Å². The number of aromatic nitrogens is 2. The van der Waals surface area contributed by atoms with Crippen LogP contribution in [0.4, 0.5) is 5.82 Å². The quantitative estimate of drug-likeness (QED) is 0.732. The minimum atomic E-state index is -3.26. The van der Waals surface area contributed by atoms with Gasteiger partial charge in [0.15, 0.2) is 15.7 Å². The molecule has 2 heterocycles. The Hall–Kier alpha value is -2.58. The largest absolute Gasteiger partial charge is 0.308 e. The minimum Gasteiger partial charge on any atom is -0.308 e. The summed E-state index contributed by atoms with van der Waals surface area (Å²) in [6, 6.07) is 16.6. The first kappa shape index (κ1) is 17.8. The summed E-state index contributed by atoms with van der Waals surface area (Å²) < 4.78 is 25.4. The average molecular weight is 399 g/mol. The zero-order valence-electron chi connectivity index (χ0n) is 14.5. The van der Waals surface area contributed by atoms with Gasteiger partial charge in [0.25, 0.3) is 0 Å². The van der Waals surface area contributed by atoms with Crippen molar-refractivity contribution in [1.29, 1.82) is 0 Å². The number of para-hydroxylation sites is 1. The summed E-state index contributed by atoms with van der Waals surface area (Å²) in [5.74, 6) is 0.727. The molecule has 138 valence electrons. The molecule has 0 aliphatic carbocycles. The van der Waals surface area contributed by atoms with Crippen molar-refractivity contribution in [3.8, 4) is 5.69 Å². The second-order valence-corrected chi connectivity index (χ2v) is 9.37. The SMILES string of the molecule is CS(=O)(=O)c1ccc(C2SCC(=O)Nc3ncn(-c4ccccc4)c32)cc1. The maximum atomic E-state index is 12.1. The third-order valence-electron chi connectivity index (χ3n) is 4.34. The summed E-state index contributed by atoms with van der Waals surface area (Å²) in [7, 11) is -3.26. The van der Waals surface area contributed by atoms with Crippen LogP contribution in [0.2, 0.25) is 0 Å². The van der Waals surface area contributed by atoms with Gasteiger partial charge in [0, 0.05) is 11.9 Å². The molecule has 3 aromatic rings. The molecule has 27 heavy (non-hydrogen) atoms. The van der Waals surface area contributed by atoms with Crippen molar-refractivity contribution in [3.63, 3.8) is 0 Å². The lowest BCUT2D eigenvalue weighted by Gasteiger charge is -2.18. The molecule has 0 saturated carbocycles. The van der Waals surface area contributed by atoms with Crippen LogP contribution < -0.4 is 5.32 Å². The fourth-order valence-corrected chi connectivity index (χ4v) is 4.80. The van der Waals surface area contributed by atoms with Crippen molar-refractivity contribution >= 4 is 33.3 Å². The van der Waals surface area contributed by atoms with Crippen LogP contribution in [0, 0.1) is 0 Å². The fourth-order valence-electron chi connectivity index (χ4n) is 3.05. The number of imidazole rings is 1. The van der Waals surface area contributed by atoms with E-state index in [2.05, 4.69) is 10.3 Å². The number of thioether (sulfide) groups is 1. The van der Waals surface area contributed by atoms with Gasteiger partial charge in [0.2, 0.25) is 5.91 Å². The Morgan fingerprint density at radius 1 is 1.11 bits per heavy atom. The first-order chi connectivity index (χ1) is 12.9. The van der Waals surface area contributed by atoms with E-state index in [0.717, 1.165) is 16.9 Å². The van der Waals surface area contributed by atoms with Gasteiger partial charge in [-0.15, -0.1) is 11.8 Å². The number of rotatable bonds is 3. The van der Waals surface area contributed by atoms with E-state index < -0.39 is 9.84 Å². The molecule has 1 aliphatic heterocycles. The zero-order chi connectivity index (χ0) is 19.0. The summed E-state index contributed by atoms with van der Waals surface area (Å²) in [5, 5.41) is 2.70. The van der Waals surface area contributed by atoms with Crippen LogP contribution >= 0.6 is 11.8 Å². The number of sulfone groups is 1. The van der Waals surface area contributed by atoms with Gasteiger partial charge in [-0.2, -0.15) is 0 Å². The first-order valence-corrected chi connectivity index (χ1v) is 11.2. The highest BCUT2D eigenvalue weighted by Crippen LogP contribution is 2.42. The van der Waals surface area contributed by atoms with Gasteiger partial charge in [-0.1, -0.05) is 30.3 Å². The number of amides is 1. The number of carbonyl (C=O) groups is 1. The highest BCUT2D eigenvalue weighted by Gasteiger charge is 2.29. The highest BCUT2D eigenvalue weighted by atomic mass is 32.2. The van der Waals surface area contributed by atoms with E-state index in [9.17, 15) is 13.2 Å². The van der Waals surface area contributed by atoms with Crippen LogP contribution in [0.15, 0.2) is 65.8 Å². The predicted molar refractivity (Wildman–Crippen MR) is 106 cm³/mol. The number of hydrogen-bond donors (Lipinski definition) is 1.